The molecule has 4 aromatic heterocycles. The molecule has 2 N–H and O–H groups in total. The maximum absolute atomic E-state index is 13.4. The minimum atomic E-state index is -1.01. The van der Waals surface area contributed by atoms with Crippen LogP contribution < -0.4 is 5.56 Å². The fourth-order valence-electron chi connectivity index (χ4n) is 4.49. The maximum atomic E-state index is 13.4. The SMILES string of the molecule is O=C(O)c1ccc(-c2nc(C3CCc4cc(-c5cc(Cl)ccc5-n5cnnn5)cc(=O)n43)[nH]c2Cl)s1. The number of fused-ring (bicyclic) bond motifs is 1. The Bertz CT molecular complexity index is 1690. The van der Waals surface area contributed by atoms with Crippen molar-refractivity contribution in [3.63, 3.8) is 0 Å². The van der Waals surface area contributed by atoms with Gasteiger partial charge < -0.3 is 14.7 Å². The number of aryl methyl sites for hydroxylation is 1. The lowest BCUT2D eigenvalue weighted by Crippen LogP contribution is -2.23. The van der Waals surface area contributed by atoms with Crippen LogP contribution in [-0.2, 0) is 6.42 Å². The summed E-state index contributed by atoms with van der Waals surface area (Å²) in [5, 5.41) is 21.4. The number of hydrogen-bond acceptors (Lipinski definition) is 7. The van der Waals surface area contributed by atoms with Crippen LogP contribution in [0.15, 0.2) is 53.6 Å². The highest BCUT2D eigenvalue weighted by atomic mass is 35.5. The van der Waals surface area contributed by atoms with E-state index in [-0.39, 0.29) is 16.5 Å². The highest BCUT2D eigenvalue weighted by molar-refractivity contribution is 7.17. The number of aromatic carboxylic acids is 1. The maximum Gasteiger partial charge on any atom is 0.345 e. The number of aromatic amines is 1. The fraction of sp³-hybridized carbons (Fsp3) is 0.130. The van der Waals surface area contributed by atoms with Crippen molar-refractivity contribution in [3.8, 4) is 27.4 Å². The number of nitrogens with one attached hydrogen (secondary N) is 1. The van der Waals surface area contributed by atoms with Crippen molar-refractivity contribution in [3.05, 3.63) is 85.7 Å². The molecule has 1 aliphatic rings. The highest BCUT2D eigenvalue weighted by Crippen LogP contribution is 2.37. The summed E-state index contributed by atoms with van der Waals surface area (Å²) in [6.45, 7) is 0. The Balaban J connectivity index is 1.39. The molecule has 180 valence electrons. The zero-order chi connectivity index (χ0) is 25.0. The van der Waals surface area contributed by atoms with Crippen molar-refractivity contribution in [2.45, 2.75) is 18.9 Å². The zero-order valence-electron chi connectivity index (χ0n) is 18.2. The molecule has 0 amide bonds. The number of carboxylic acid groups (broad SMARTS) is 1. The lowest BCUT2D eigenvalue weighted by molar-refractivity contribution is 0.0702. The fourth-order valence-corrected chi connectivity index (χ4v) is 5.80. The lowest BCUT2D eigenvalue weighted by atomic mass is 10.0. The zero-order valence-corrected chi connectivity index (χ0v) is 20.5. The predicted octanol–water partition coefficient (Wildman–Crippen LogP) is 4.48. The topological polar surface area (TPSA) is 132 Å². The van der Waals surface area contributed by atoms with Gasteiger partial charge >= 0.3 is 5.97 Å². The first-order chi connectivity index (χ1) is 17.4. The first kappa shape index (κ1) is 22.7. The molecule has 0 radical (unpaired) electrons. The van der Waals surface area contributed by atoms with E-state index >= 15 is 0 Å². The van der Waals surface area contributed by atoms with Gasteiger partial charge in [-0.1, -0.05) is 23.2 Å². The number of carboxylic acids is 1. The molecule has 5 heterocycles. The molecule has 0 spiro atoms. The predicted molar refractivity (Wildman–Crippen MR) is 134 cm³/mol. The molecule has 13 heteroatoms. The average Bonchev–Trinajstić information content (AvgIpc) is 3.64. The second-order valence-corrected chi connectivity index (χ2v) is 10.1. The number of halogens is 2. The first-order valence-electron chi connectivity index (χ1n) is 10.8. The van der Waals surface area contributed by atoms with E-state index in [9.17, 15) is 14.7 Å². The Morgan fingerprint density at radius 3 is 2.78 bits per heavy atom. The molecule has 10 nitrogen and oxygen atoms in total. The van der Waals surface area contributed by atoms with Gasteiger partial charge in [-0.2, -0.15) is 4.68 Å². The highest BCUT2D eigenvalue weighted by Gasteiger charge is 2.29. The van der Waals surface area contributed by atoms with E-state index in [1.165, 1.54) is 17.1 Å². The van der Waals surface area contributed by atoms with E-state index in [4.69, 9.17) is 23.2 Å². The van der Waals surface area contributed by atoms with Crippen molar-refractivity contribution in [2.75, 3.05) is 0 Å². The number of rotatable bonds is 5. The van der Waals surface area contributed by atoms with Crippen LogP contribution >= 0.6 is 34.5 Å². The van der Waals surface area contributed by atoms with Crippen LogP contribution in [0.1, 0.15) is 33.7 Å². The number of carbonyl (C=O) groups is 1. The quantitative estimate of drug-likeness (QED) is 0.336. The number of benzene rings is 1. The van der Waals surface area contributed by atoms with E-state index in [2.05, 4.69) is 25.5 Å². The van der Waals surface area contributed by atoms with Gasteiger partial charge in [-0.05, 0) is 65.2 Å². The average molecular weight is 540 g/mol. The number of hydrogen-bond donors (Lipinski definition) is 2. The van der Waals surface area contributed by atoms with Gasteiger partial charge in [-0.15, -0.1) is 16.4 Å². The second-order valence-electron chi connectivity index (χ2n) is 8.17. The number of tetrazole rings is 1. The van der Waals surface area contributed by atoms with Crippen LogP contribution in [0, 0.1) is 0 Å². The number of H-pyrrole nitrogens is 1. The summed E-state index contributed by atoms with van der Waals surface area (Å²) in [7, 11) is 0. The van der Waals surface area contributed by atoms with Gasteiger partial charge in [0, 0.05) is 22.3 Å². The van der Waals surface area contributed by atoms with Crippen molar-refractivity contribution in [2.24, 2.45) is 0 Å². The van der Waals surface area contributed by atoms with E-state index < -0.39 is 5.97 Å². The summed E-state index contributed by atoms with van der Waals surface area (Å²) >= 11 is 13.8. The van der Waals surface area contributed by atoms with E-state index in [1.807, 2.05) is 6.07 Å². The van der Waals surface area contributed by atoms with Crippen LogP contribution in [0.25, 0.3) is 27.4 Å². The van der Waals surface area contributed by atoms with E-state index in [0.717, 1.165) is 22.6 Å². The van der Waals surface area contributed by atoms with Gasteiger partial charge in [0.1, 0.15) is 27.9 Å². The summed E-state index contributed by atoms with van der Waals surface area (Å²) in [4.78, 5) is 33.2. The summed E-state index contributed by atoms with van der Waals surface area (Å²) in [5.41, 5.74) is 3.26. The van der Waals surface area contributed by atoms with Gasteiger partial charge in [0.15, 0.2) is 0 Å². The summed E-state index contributed by atoms with van der Waals surface area (Å²) in [5.74, 6) is -0.459. The molecule has 1 unspecified atom stereocenters. The molecule has 6 rings (SSSR count). The number of thiophene rings is 1. The molecular weight excluding hydrogens is 525 g/mol. The van der Waals surface area contributed by atoms with E-state index in [0.29, 0.717) is 50.7 Å². The molecule has 0 bridgehead atoms. The van der Waals surface area contributed by atoms with Crippen LogP contribution in [0.5, 0.6) is 0 Å². The largest absolute Gasteiger partial charge is 0.477 e. The Morgan fingerprint density at radius 1 is 1.17 bits per heavy atom. The molecule has 1 atom stereocenters. The van der Waals surface area contributed by atoms with E-state index in [1.54, 1.807) is 34.9 Å². The van der Waals surface area contributed by atoms with Crippen molar-refractivity contribution < 1.29 is 9.90 Å². The molecule has 1 aromatic carbocycles. The van der Waals surface area contributed by atoms with Gasteiger partial charge in [-0.3, -0.25) is 4.79 Å². The third-order valence-corrected chi connectivity index (χ3v) is 7.63. The number of aromatic nitrogens is 7. The van der Waals surface area contributed by atoms with Crippen molar-refractivity contribution in [1.29, 1.82) is 0 Å². The normalized spacial score (nSPS) is 14.8. The Morgan fingerprint density at radius 2 is 2.03 bits per heavy atom. The van der Waals surface area contributed by atoms with Gasteiger partial charge in [-0.25, -0.2) is 9.78 Å². The lowest BCUT2D eigenvalue weighted by Gasteiger charge is -2.14. The molecule has 0 saturated carbocycles. The molecule has 0 saturated heterocycles. The standard InChI is InChI=1S/C23H15Cl2N7O3S/c24-12-1-3-15(31-10-26-29-30-31)14(9-12)11-7-13-2-4-16(32(13)19(33)8-11)22-27-20(21(25)28-22)17-5-6-18(36-17)23(34)35/h1,3,5-10,16H,2,4H2,(H,27,28)(H,34,35). The second kappa shape index (κ2) is 8.70. The number of nitrogens with zero attached hydrogens (tertiary/aromatic N) is 6. The van der Waals surface area contributed by atoms with Gasteiger partial charge in [0.2, 0.25) is 0 Å². The Labute approximate surface area is 216 Å². The summed E-state index contributed by atoms with van der Waals surface area (Å²) < 4.78 is 3.23. The molecule has 0 fully saturated rings. The number of imidazole rings is 1. The minimum Gasteiger partial charge on any atom is -0.477 e. The minimum absolute atomic E-state index is 0.189. The number of pyridine rings is 1. The summed E-state index contributed by atoms with van der Waals surface area (Å²) in [6.07, 6.45) is 2.79. The smallest absolute Gasteiger partial charge is 0.345 e. The Hall–Kier alpha value is -3.80. The van der Waals surface area contributed by atoms with Crippen LogP contribution in [0.3, 0.4) is 0 Å². The molecule has 5 aromatic rings. The van der Waals surface area contributed by atoms with Crippen LogP contribution in [0.4, 0.5) is 0 Å². The summed E-state index contributed by atoms with van der Waals surface area (Å²) in [6, 6.07) is 11.7. The molecular formula is C23H15Cl2N7O3S. The van der Waals surface area contributed by atoms with Gasteiger partial charge in [0.25, 0.3) is 5.56 Å². The monoisotopic (exact) mass is 539 g/mol. The third-order valence-electron chi connectivity index (χ3n) is 6.04. The Kier molecular flexibility index (Phi) is 5.47. The molecule has 0 aliphatic carbocycles. The van der Waals surface area contributed by atoms with Crippen molar-refractivity contribution >= 4 is 40.5 Å². The van der Waals surface area contributed by atoms with Gasteiger partial charge in [0.05, 0.1) is 16.6 Å². The molecule has 1 aliphatic heterocycles. The van der Waals surface area contributed by atoms with Crippen LogP contribution in [0.2, 0.25) is 10.2 Å². The molecule has 36 heavy (non-hydrogen) atoms. The third kappa shape index (κ3) is 3.81. The van der Waals surface area contributed by atoms with Crippen molar-refractivity contribution in [1.82, 2.24) is 34.7 Å². The van der Waals surface area contributed by atoms with Crippen LogP contribution in [-0.4, -0.2) is 45.8 Å². The first-order valence-corrected chi connectivity index (χ1v) is 12.3.